The lowest BCUT2D eigenvalue weighted by Gasteiger charge is -2.13. The van der Waals surface area contributed by atoms with Gasteiger partial charge in [0, 0.05) is 5.39 Å². The number of nitrogens with one attached hydrogen (secondary N) is 2. The number of aromatic amines is 1. The molecule has 10 heteroatoms. The highest BCUT2D eigenvalue weighted by Gasteiger charge is 2.33. The van der Waals surface area contributed by atoms with Crippen LogP contribution in [-0.4, -0.2) is 28.7 Å². The van der Waals surface area contributed by atoms with Crippen LogP contribution in [0.25, 0.3) is 10.8 Å². The zero-order chi connectivity index (χ0) is 20.3. The van der Waals surface area contributed by atoms with Gasteiger partial charge in [-0.2, -0.15) is 18.3 Å². The minimum Gasteiger partial charge on any atom is -0.451 e. The zero-order valence-electron chi connectivity index (χ0n) is 14.0. The molecule has 3 aromatic rings. The number of hydrogen-bond acceptors (Lipinski definition) is 5. The van der Waals surface area contributed by atoms with E-state index in [1.165, 1.54) is 24.3 Å². The van der Waals surface area contributed by atoms with E-state index in [-0.39, 0.29) is 16.5 Å². The summed E-state index contributed by atoms with van der Waals surface area (Å²) in [6.45, 7) is -0.833. The molecule has 2 N–H and O–H groups in total. The van der Waals surface area contributed by atoms with Gasteiger partial charge in [-0.15, -0.1) is 0 Å². The number of anilines is 1. The van der Waals surface area contributed by atoms with Gasteiger partial charge in [0.1, 0.15) is 0 Å². The third-order valence-corrected chi connectivity index (χ3v) is 3.73. The number of aromatic nitrogens is 2. The van der Waals surface area contributed by atoms with Crippen molar-refractivity contribution >= 4 is 28.3 Å². The lowest BCUT2D eigenvalue weighted by molar-refractivity contribution is -0.137. The predicted molar refractivity (Wildman–Crippen MR) is 92.7 cm³/mol. The third-order valence-electron chi connectivity index (χ3n) is 3.73. The Morgan fingerprint density at radius 2 is 1.68 bits per heavy atom. The predicted octanol–water partition coefficient (Wildman–Crippen LogP) is 2.74. The molecule has 0 aliphatic carbocycles. The molecule has 1 heterocycles. The molecule has 0 radical (unpaired) electrons. The lowest BCUT2D eigenvalue weighted by atomic mass is 10.1. The highest BCUT2D eigenvalue weighted by atomic mass is 19.4. The van der Waals surface area contributed by atoms with Gasteiger partial charge in [0.2, 0.25) is 0 Å². The fourth-order valence-corrected chi connectivity index (χ4v) is 2.50. The number of amides is 1. The topological polar surface area (TPSA) is 101 Å². The highest BCUT2D eigenvalue weighted by molar-refractivity contribution is 6.03. The number of H-pyrrole nitrogens is 1. The van der Waals surface area contributed by atoms with Crippen LogP contribution in [0.15, 0.2) is 53.3 Å². The molecule has 0 saturated carbocycles. The Morgan fingerprint density at radius 1 is 1.04 bits per heavy atom. The quantitative estimate of drug-likeness (QED) is 0.666. The van der Waals surface area contributed by atoms with Crippen LogP contribution >= 0.6 is 0 Å². The molecule has 1 amide bonds. The second-order valence-corrected chi connectivity index (χ2v) is 5.61. The second kappa shape index (κ2) is 7.51. The molecular weight excluding hydrogens is 379 g/mol. The van der Waals surface area contributed by atoms with E-state index in [9.17, 15) is 27.6 Å². The van der Waals surface area contributed by atoms with Crippen LogP contribution in [0.2, 0.25) is 0 Å². The number of para-hydroxylation sites is 1. The van der Waals surface area contributed by atoms with Crippen molar-refractivity contribution < 1.29 is 27.5 Å². The summed E-state index contributed by atoms with van der Waals surface area (Å²) < 4.78 is 43.6. The van der Waals surface area contributed by atoms with E-state index in [0.717, 1.165) is 12.1 Å². The Hall–Kier alpha value is -3.69. The summed E-state index contributed by atoms with van der Waals surface area (Å²) in [5, 5.41) is 8.24. The van der Waals surface area contributed by atoms with E-state index < -0.39 is 41.5 Å². The lowest BCUT2D eigenvalue weighted by Crippen LogP contribution is -2.24. The summed E-state index contributed by atoms with van der Waals surface area (Å²) in [6.07, 6.45) is -4.65. The first-order chi connectivity index (χ1) is 13.3. The molecule has 28 heavy (non-hydrogen) atoms. The normalized spacial score (nSPS) is 11.2. The van der Waals surface area contributed by atoms with E-state index in [1.807, 2.05) is 0 Å². The maximum atomic E-state index is 12.9. The monoisotopic (exact) mass is 391 g/mol. The molecule has 0 spiro atoms. The van der Waals surface area contributed by atoms with Crippen molar-refractivity contribution in [2.24, 2.45) is 0 Å². The maximum absolute atomic E-state index is 12.9. The third kappa shape index (κ3) is 4.00. The van der Waals surface area contributed by atoms with Crippen molar-refractivity contribution in [2.45, 2.75) is 6.18 Å². The van der Waals surface area contributed by atoms with Crippen molar-refractivity contribution in [2.75, 3.05) is 11.9 Å². The Balaban J connectivity index is 1.72. The molecule has 0 fully saturated rings. The number of rotatable bonds is 4. The average Bonchev–Trinajstić information content (AvgIpc) is 2.66. The molecule has 0 aliphatic rings. The van der Waals surface area contributed by atoms with Crippen molar-refractivity contribution in [1.29, 1.82) is 0 Å². The first-order valence-corrected chi connectivity index (χ1v) is 7.88. The molecule has 144 valence electrons. The molecule has 0 aliphatic heterocycles. The summed E-state index contributed by atoms with van der Waals surface area (Å²) in [4.78, 5) is 35.8. The number of esters is 1. The molecule has 0 atom stereocenters. The molecule has 0 bridgehead atoms. The van der Waals surface area contributed by atoms with Crippen molar-refractivity contribution in [3.05, 3.63) is 70.1 Å². The Bertz CT molecular complexity index is 1110. The molecule has 3 rings (SSSR count). The van der Waals surface area contributed by atoms with Gasteiger partial charge < -0.3 is 10.1 Å². The minimum absolute atomic E-state index is 0.202. The molecule has 0 unspecified atom stereocenters. The average molecular weight is 391 g/mol. The van der Waals surface area contributed by atoms with Gasteiger partial charge in [0.25, 0.3) is 11.5 Å². The number of ether oxygens (including phenoxy) is 1. The number of hydrogen-bond donors (Lipinski definition) is 2. The molecule has 7 nitrogen and oxygen atoms in total. The molecule has 0 saturated heterocycles. The van der Waals surface area contributed by atoms with Crippen LogP contribution in [0.3, 0.4) is 0 Å². The number of benzene rings is 2. The van der Waals surface area contributed by atoms with Gasteiger partial charge in [0.15, 0.2) is 12.3 Å². The fourth-order valence-electron chi connectivity index (χ4n) is 2.50. The summed E-state index contributed by atoms with van der Waals surface area (Å²) in [6, 6.07) is 10.6. The SMILES string of the molecule is O=C(COC(=O)c1n[nH]c(=O)c2ccccc12)Nc1ccccc1C(F)(F)F. The summed E-state index contributed by atoms with van der Waals surface area (Å²) in [5.74, 6) is -1.97. The number of nitrogens with zero attached hydrogens (tertiary/aromatic N) is 1. The number of alkyl halides is 3. The van der Waals surface area contributed by atoms with Crippen molar-refractivity contribution in [3.63, 3.8) is 0 Å². The van der Waals surface area contributed by atoms with E-state index >= 15 is 0 Å². The Kier molecular flexibility index (Phi) is 5.12. The summed E-state index contributed by atoms with van der Waals surface area (Å²) >= 11 is 0. The fraction of sp³-hybridized carbons (Fsp3) is 0.111. The van der Waals surface area contributed by atoms with Gasteiger partial charge in [0.05, 0.1) is 16.6 Å². The van der Waals surface area contributed by atoms with Gasteiger partial charge >= 0.3 is 12.1 Å². The molecular formula is C18H12F3N3O4. The Labute approximate surface area is 155 Å². The van der Waals surface area contributed by atoms with Crippen LogP contribution in [0, 0.1) is 0 Å². The van der Waals surface area contributed by atoms with Crippen molar-refractivity contribution in [3.8, 4) is 0 Å². The summed E-state index contributed by atoms with van der Waals surface area (Å²) in [7, 11) is 0. The number of halogens is 3. The van der Waals surface area contributed by atoms with Gasteiger partial charge in [-0.3, -0.25) is 9.59 Å². The number of carbonyl (C=O) groups excluding carboxylic acids is 2. The number of fused-ring (bicyclic) bond motifs is 1. The van der Waals surface area contributed by atoms with Gasteiger partial charge in [-0.05, 0) is 18.2 Å². The first kappa shape index (κ1) is 19.1. The molecule has 1 aromatic heterocycles. The van der Waals surface area contributed by atoms with Crippen LogP contribution < -0.4 is 10.9 Å². The second-order valence-electron chi connectivity index (χ2n) is 5.61. The standard InChI is InChI=1S/C18H12F3N3O4/c19-18(20,21)12-7-3-4-8-13(12)22-14(25)9-28-17(27)15-10-5-1-2-6-11(10)16(26)24-23-15/h1-8H,9H2,(H,22,25)(H,24,26). The largest absolute Gasteiger partial charge is 0.451 e. The smallest absolute Gasteiger partial charge is 0.418 e. The van der Waals surface area contributed by atoms with Crippen LogP contribution in [-0.2, 0) is 15.7 Å². The van der Waals surface area contributed by atoms with E-state index in [4.69, 9.17) is 4.74 Å². The highest BCUT2D eigenvalue weighted by Crippen LogP contribution is 2.34. The van der Waals surface area contributed by atoms with Crippen LogP contribution in [0.1, 0.15) is 16.1 Å². The Morgan fingerprint density at radius 3 is 2.39 bits per heavy atom. The van der Waals surface area contributed by atoms with Crippen LogP contribution in [0.4, 0.5) is 18.9 Å². The van der Waals surface area contributed by atoms with Gasteiger partial charge in [-0.1, -0.05) is 30.3 Å². The van der Waals surface area contributed by atoms with E-state index in [0.29, 0.717) is 0 Å². The van der Waals surface area contributed by atoms with E-state index in [1.54, 1.807) is 12.1 Å². The molecule has 2 aromatic carbocycles. The van der Waals surface area contributed by atoms with Crippen LogP contribution in [0.5, 0.6) is 0 Å². The van der Waals surface area contributed by atoms with Crippen molar-refractivity contribution in [1.82, 2.24) is 10.2 Å². The number of carbonyl (C=O) groups is 2. The maximum Gasteiger partial charge on any atom is 0.418 e. The summed E-state index contributed by atoms with van der Waals surface area (Å²) in [5.41, 5.74) is -2.21. The minimum atomic E-state index is -4.65. The zero-order valence-corrected chi connectivity index (χ0v) is 14.0. The van der Waals surface area contributed by atoms with Gasteiger partial charge in [-0.25, -0.2) is 9.89 Å². The van der Waals surface area contributed by atoms with E-state index in [2.05, 4.69) is 15.5 Å². The first-order valence-electron chi connectivity index (χ1n) is 7.88.